The van der Waals surface area contributed by atoms with Crippen LogP contribution >= 0.6 is 11.6 Å². The molecule has 0 atom stereocenters. The minimum atomic E-state index is -0.180. The van der Waals surface area contributed by atoms with Crippen molar-refractivity contribution >= 4 is 23.3 Å². The summed E-state index contributed by atoms with van der Waals surface area (Å²) in [4.78, 5) is 15.5. The van der Waals surface area contributed by atoms with Crippen LogP contribution in [0.15, 0.2) is 12.3 Å². The summed E-state index contributed by atoms with van der Waals surface area (Å²) in [6, 6.07) is 1.49. The highest BCUT2D eigenvalue weighted by Crippen LogP contribution is 2.27. The molecule has 15 heavy (non-hydrogen) atoms. The van der Waals surface area contributed by atoms with Gasteiger partial charge in [-0.05, 0) is 24.8 Å². The van der Waals surface area contributed by atoms with Gasteiger partial charge in [0, 0.05) is 12.7 Å². The molecule has 0 unspecified atom stereocenters. The molecule has 5 heteroatoms. The number of nitrogen functional groups attached to an aromatic ring is 1. The number of hydrogen-bond acceptors (Lipinski definition) is 3. The van der Waals surface area contributed by atoms with Crippen LogP contribution in [0.4, 0.5) is 5.82 Å². The van der Waals surface area contributed by atoms with Crippen LogP contribution in [0, 0.1) is 5.92 Å². The van der Waals surface area contributed by atoms with Crippen LogP contribution in [-0.2, 0) is 0 Å². The molecule has 2 rings (SSSR count). The normalized spacial score (nSPS) is 15.0. The zero-order valence-corrected chi connectivity index (χ0v) is 8.92. The number of aromatic nitrogens is 1. The third-order valence-electron chi connectivity index (χ3n) is 2.37. The molecule has 0 saturated heterocycles. The summed E-state index contributed by atoms with van der Waals surface area (Å²) >= 11 is 5.84. The minimum absolute atomic E-state index is 0.180. The predicted molar refractivity (Wildman–Crippen MR) is 58.7 cm³/mol. The summed E-state index contributed by atoms with van der Waals surface area (Å²) in [6.45, 7) is 0.720. The van der Waals surface area contributed by atoms with Crippen LogP contribution in [0.3, 0.4) is 0 Å². The lowest BCUT2D eigenvalue weighted by Gasteiger charge is -2.05. The van der Waals surface area contributed by atoms with Crippen molar-refractivity contribution in [2.75, 3.05) is 12.3 Å². The Hall–Kier alpha value is -1.29. The second-order valence-corrected chi connectivity index (χ2v) is 4.15. The molecule has 3 N–H and O–H groups in total. The van der Waals surface area contributed by atoms with Crippen molar-refractivity contribution in [3.63, 3.8) is 0 Å². The summed E-state index contributed by atoms with van der Waals surface area (Å²) < 4.78 is 0. The molecule has 1 amide bonds. The SMILES string of the molecule is Nc1cc(C(=O)NCC2CC2)c(Cl)cn1. The van der Waals surface area contributed by atoms with Crippen molar-refractivity contribution in [1.29, 1.82) is 0 Å². The van der Waals surface area contributed by atoms with E-state index >= 15 is 0 Å². The number of carbonyl (C=O) groups is 1. The summed E-state index contributed by atoms with van der Waals surface area (Å²) in [7, 11) is 0. The average Bonchev–Trinajstić information content (AvgIpc) is 3.02. The van der Waals surface area contributed by atoms with Gasteiger partial charge >= 0.3 is 0 Å². The summed E-state index contributed by atoms with van der Waals surface area (Å²) in [5.41, 5.74) is 5.88. The Morgan fingerprint density at radius 1 is 1.67 bits per heavy atom. The Morgan fingerprint density at radius 3 is 3.07 bits per heavy atom. The molecule has 1 aromatic rings. The largest absolute Gasteiger partial charge is 0.384 e. The number of rotatable bonds is 3. The van der Waals surface area contributed by atoms with Crippen molar-refractivity contribution in [3.8, 4) is 0 Å². The highest BCUT2D eigenvalue weighted by molar-refractivity contribution is 6.33. The van der Waals surface area contributed by atoms with Gasteiger partial charge in [0.15, 0.2) is 0 Å². The number of hydrogen-bond donors (Lipinski definition) is 2. The Labute approximate surface area is 92.8 Å². The number of pyridine rings is 1. The van der Waals surface area contributed by atoms with Gasteiger partial charge in [0.1, 0.15) is 5.82 Å². The lowest BCUT2D eigenvalue weighted by atomic mass is 10.2. The predicted octanol–water partition coefficient (Wildman–Crippen LogP) is 1.46. The molecular weight excluding hydrogens is 214 g/mol. The number of nitrogens with zero attached hydrogens (tertiary/aromatic N) is 1. The first-order valence-electron chi connectivity index (χ1n) is 4.86. The second kappa shape index (κ2) is 4.06. The number of halogens is 1. The molecule has 1 aliphatic carbocycles. The number of nitrogens with two attached hydrogens (primary N) is 1. The van der Waals surface area contributed by atoms with Gasteiger partial charge in [-0.15, -0.1) is 0 Å². The van der Waals surface area contributed by atoms with E-state index in [1.807, 2.05) is 0 Å². The van der Waals surface area contributed by atoms with Gasteiger partial charge in [-0.25, -0.2) is 4.98 Å². The van der Waals surface area contributed by atoms with Crippen molar-refractivity contribution < 1.29 is 4.79 Å². The Morgan fingerprint density at radius 2 is 2.40 bits per heavy atom. The summed E-state index contributed by atoms with van der Waals surface area (Å²) in [5.74, 6) is 0.767. The van der Waals surface area contributed by atoms with Crippen molar-refractivity contribution in [1.82, 2.24) is 10.3 Å². The molecule has 1 heterocycles. The zero-order valence-electron chi connectivity index (χ0n) is 8.16. The van der Waals surface area contributed by atoms with E-state index in [9.17, 15) is 4.79 Å². The van der Waals surface area contributed by atoms with E-state index in [1.54, 1.807) is 0 Å². The van der Waals surface area contributed by atoms with Gasteiger partial charge in [0.05, 0.1) is 10.6 Å². The van der Waals surface area contributed by atoms with Crippen molar-refractivity contribution in [2.45, 2.75) is 12.8 Å². The first-order valence-corrected chi connectivity index (χ1v) is 5.24. The van der Waals surface area contributed by atoms with E-state index in [1.165, 1.54) is 25.1 Å². The number of anilines is 1. The summed E-state index contributed by atoms with van der Waals surface area (Å²) in [5, 5.41) is 3.15. The topological polar surface area (TPSA) is 68.0 Å². The fraction of sp³-hybridized carbons (Fsp3) is 0.400. The first-order chi connectivity index (χ1) is 7.16. The molecule has 4 nitrogen and oxygen atoms in total. The maximum Gasteiger partial charge on any atom is 0.252 e. The zero-order chi connectivity index (χ0) is 10.8. The van der Waals surface area contributed by atoms with Crippen LogP contribution in [-0.4, -0.2) is 17.4 Å². The van der Waals surface area contributed by atoms with Gasteiger partial charge in [0.2, 0.25) is 0 Å². The lowest BCUT2D eigenvalue weighted by Crippen LogP contribution is -2.26. The van der Waals surface area contributed by atoms with E-state index in [4.69, 9.17) is 17.3 Å². The Balaban J connectivity index is 2.05. The van der Waals surface area contributed by atoms with E-state index in [-0.39, 0.29) is 5.91 Å². The quantitative estimate of drug-likeness (QED) is 0.818. The standard InChI is InChI=1S/C10H12ClN3O/c11-8-5-13-9(12)3-7(8)10(15)14-4-6-1-2-6/h3,5-6H,1-2,4H2,(H2,12,13)(H,14,15). The van der Waals surface area contributed by atoms with Crippen LogP contribution in [0.2, 0.25) is 5.02 Å². The molecule has 0 spiro atoms. The molecular formula is C10H12ClN3O. The molecule has 80 valence electrons. The lowest BCUT2D eigenvalue weighted by molar-refractivity contribution is 0.0952. The molecule has 1 aliphatic rings. The first kappa shape index (κ1) is 10.2. The molecule has 1 fully saturated rings. The maximum atomic E-state index is 11.7. The highest BCUT2D eigenvalue weighted by Gasteiger charge is 2.22. The van der Waals surface area contributed by atoms with Gasteiger partial charge in [-0.2, -0.15) is 0 Å². The fourth-order valence-electron chi connectivity index (χ4n) is 1.28. The smallest absolute Gasteiger partial charge is 0.252 e. The molecule has 0 aromatic carbocycles. The van der Waals surface area contributed by atoms with Crippen molar-refractivity contribution in [3.05, 3.63) is 22.8 Å². The Bertz CT molecular complexity index is 390. The van der Waals surface area contributed by atoms with Crippen LogP contribution < -0.4 is 11.1 Å². The number of carbonyl (C=O) groups excluding carboxylic acids is 1. The van der Waals surface area contributed by atoms with Gasteiger partial charge in [-0.1, -0.05) is 11.6 Å². The van der Waals surface area contributed by atoms with E-state index in [2.05, 4.69) is 10.3 Å². The monoisotopic (exact) mass is 225 g/mol. The Kier molecular flexibility index (Phi) is 2.77. The second-order valence-electron chi connectivity index (χ2n) is 3.74. The molecule has 0 bridgehead atoms. The van der Waals surface area contributed by atoms with Crippen LogP contribution in [0.5, 0.6) is 0 Å². The molecule has 0 radical (unpaired) electrons. The minimum Gasteiger partial charge on any atom is -0.384 e. The average molecular weight is 226 g/mol. The maximum absolute atomic E-state index is 11.7. The van der Waals surface area contributed by atoms with Gasteiger partial charge < -0.3 is 11.1 Å². The third kappa shape index (κ3) is 2.59. The van der Waals surface area contributed by atoms with E-state index < -0.39 is 0 Å². The fourth-order valence-corrected chi connectivity index (χ4v) is 1.47. The van der Waals surface area contributed by atoms with Crippen molar-refractivity contribution in [2.24, 2.45) is 5.92 Å². The summed E-state index contributed by atoms with van der Waals surface area (Å²) in [6.07, 6.45) is 3.79. The van der Waals surface area contributed by atoms with Crippen LogP contribution in [0.1, 0.15) is 23.2 Å². The van der Waals surface area contributed by atoms with E-state index in [0.717, 1.165) is 6.54 Å². The van der Waals surface area contributed by atoms with Gasteiger partial charge in [0.25, 0.3) is 5.91 Å². The number of nitrogens with one attached hydrogen (secondary N) is 1. The van der Waals surface area contributed by atoms with Crippen LogP contribution in [0.25, 0.3) is 0 Å². The van der Waals surface area contributed by atoms with Gasteiger partial charge in [-0.3, -0.25) is 4.79 Å². The molecule has 0 aliphatic heterocycles. The molecule has 1 aromatic heterocycles. The highest BCUT2D eigenvalue weighted by atomic mass is 35.5. The third-order valence-corrected chi connectivity index (χ3v) is 2.67. The van der Waals surface area contributed by atoms with E-state index in [0.29, 0.717) is 22.3 Å². The molecule has 1 saturated carbocycles. The number of amides is 1.